The number of ether oxygens (including phenoxy) is 1. The molecule has 2 heterocycles. The van der Waals surface area contributed by atoms with Crippen LogP contribution in [0, 0.1) is 23.7 Å². The van der Waals surface area contributed by atoms with Gasteiger partial charge in [-0.3, -0.25) is 25.4 Å². The van der Waals surface area contributed by atoms with Crippen LogP contribution in [0.4, 0.5) is 10.6 Å². The predicted octanol–water partition coefficient (Wildman–Crippen LogP) is 4.78. The molecule has 0 aliphatic heterocycles. The van der Waals surface area contributed by atoms with Crippen LogP contribution in [0.15, 0.2) is 53.3 Å². The van der Waals surface area contributed by atoms with Gasteiger partial charge in [0.1, 0.15) is 29.1 Å². The highest BCUT2D eigenvalue weighted by atomic mass is 16.5. The summed E-state index contributed by atoms with van der Waals surface area (Å²) in [5.41, 5.74) is 1.52. The van der Waals surface area contributed by atoms with Crippen LogP contribution in [-0.4, -0.2) is 28.6 Å². The average molecular weight is 447 g/mol. The number of anilines is 1. The van der Waals surface area contributed by atoms with E-state index >= 15 is 0 Å². The quantitative estimate of drug-likeness (QED) is 0.373. The number of hydrogen-bond acceptors (Lipinski definition) is 7. The van der Waals surface area contributed by atoms with Crippen molar-refractivity contribution in [2.75, 3.05) is 5.32 Å². The maximum Gasteiger partial charge on any atom is 0.327 e. The highest BCUT2D eigenvalue weighted by Gasteiger charge is 2.23. The Hall–Kier alpha value is -4.32. The minimum atomic E-state index is -0.688. The first-order valence-electron chi connectivity index (χ1n) is 10.0. The monoisotopic (exact) mass is 446 g/mol. The van der Waals surface area contributed by atoms with E-state index in [9.17, 15) is 9.59 Å². The zero-order valence-corrected chi connectivity index (χ0v) is 19.3. The van der Waals surface area contributed by atoms with Gasteiger partial charge in [0.15, 0.2) is 0 Å². The van der Waals surface area contributed by atoms with Crippen molar-refractivity contribution in [2.45, 2.75) is 34.6 Å². The summed E-state index contributed by atoms with van der Waals surface area (Å²) in [7, 11) is 0. The number of aromatic nitrogens is 2. The standard InChI is InChI=1S/C24H26N6O3/c1-15(7-8-17(14-25)26-6)19-13-18(11-12-27-19)33-20-9-10-21(28-16(20)2)29-23(32)30-22(31)24(3,4)5/h7-13H,6H2,1-5H3,(H2,28,29,30,31,32)/b15-7+,17-8-. The van der Waals surface area contributed by atoms with Crippen molar-refractivity contribution in [2.24, 2.45) is 10.4 Å². The molecule has 0 aliphatic carbocycles. The normalized spacial score (nSPS) is 11.9. The van der Waals surface area contributed by atoms with Gasteiger partial charge in [-0.2, -0.15) is 5.26 Å². The molecule has 9 heteroatoms. The minimum Gasteiger partial charge on any atom is -0.455 e. The lowest BCUT2D eigenvalue weighted by Gasteiger charge is -2.17. The zero-order valence-electron chi connectivity index (χ0n) is 19.3. The molecule has 0 atom stereocenters. The predicted molar refractivity (Wildman–Crippen MR) is 127 cm³/mol. The van der Waals surface area contributed by atoms with E-state index in [4.69, 9.17) is 10.00 Å². The lowest BCUT2D eigenvalue weighted by atomic mass is 9.96. The number of allylic oxidation sites excluding steroid dienone is 4. The largest absolute Gasteiger partial charge is 0.455 e. The third-order valence-electron chi connectivity index (χ3n) is 4.33. The van der Waals surface area contributed by atoms with E-state index in [-0.39, 0.29) is 11.5 Å². The van der Waals surface area contributed by atoms with Gasteiger partial charge in [-0.15, -0.1) is 0 Å². The molecule has 2 aromatic heterocycles. The van der Waals surface area contributed by atoms with Crippen LogP contribution in [0.3, 0.4) is 0 Å². The lowest BCUT2D eigenvalue weighted by molar-refractivity contribution is -0.127. The smallest absolute Gasteiger partial charge is 0.327 e. The molecule has 0 aromatic carbocycles. The summed E-state index contributed by atoms with van der Waals surface area (Å²) >= 11 is 0. The first kappa shape index (κ1) is 24.9. The number of nitrogens with one attached hydrogen (secondary N) is 2. The highest BCUT2D eigenvalue weighted by Crippen LogP contribution is 2.27. The second-order valence-electron chi connectivity index (χ2n) is 8.09. The molecule has 33 heavy (non-hydrogen) atoms. The third kappa shape index (κ3) is 7.40. The van der Waals surface area contributed by atoms with Crippen molar-refractivity contribution in [3.63, 3.8) is 0 Å². The maximum atomic E-state index is 12.0. The fraction of sp³-hybridized carbons (Fsp3) is 0.250. The lowest BCUT2D eigenvalue weighted by Crippen LogP contribution is -2.41. The van der Waals surface area contributed by atoms with Crippen molar-refractivity contribution >= 4 is 30.0 Å². The number of hydrogen-bond donors (Lipinski definition) is 2. The molecular formula is C24H26N6O3. The Morgan fingerprint density at radius 1 is 1.24 bits per heavy atom. The molecule has 0 fully saturated rings. The fourth-order valence-corrected chi connectivity index (χ4v) is 2.40. The van der Waals surface area contributed by atoms with E-state index in [0.29, 0.717) is 22.9 Å². The molecule has 0 saturated heterocycles. The van der Waals surface area contributed by atoms with E-state index in [1.165, 1.54) is 0 Å². The number of rotatable bonds is 6. The van der Waals surface area contributed by atoms with Crippen molar-refractivity contribution < 1.29 is 14.3 Å². The molecule has 0 spiro atoms. The molecular weight excluding hydrogens is 420 g/mol. The summed E-state index contributed by atoms with van der Waals surface area (Å²) in [5.74, 6) is 0.921. The maximum absolute atomic E-state index is 12.0. The van der Waals surface area contributed by atoms with Crippen molar-refractivity contribution in [1.82, 2.24) is 15.3 Å². The van der Waals surface area contributed by atoms with Crippen LogP contribution in [0.5, 0.6) is 11.5 Å². The van der Waals surface area contributed by atoms with E-state index < -0.39 is 17.4 Å². The molecule has 2 aromatic rings. The average Bonchev–Trinajstić information content (AvgIpc) is 2.75. The number of amides is 3. The summed E-state index contributed by atoms with van der Waals surface area (Å²) in [5, 5.41) is 13.7. The van der Waals surface area contributed by atoms with Gasteiger partial charge in [0.2, 0.25) is 5.91 Å². The molecule has 3 amide bonds. The second-order valence-corrected chi connectivity index (χ2v) is 8.09. The summed E-state index contributed by atoms with van der Waals surface area (Å²) in [6.45, 7) is 12.1. The SMILES string of the molecule is C=N/C(C#N)=C\C=C(/C)c1cc(Oc2ccc(NC(=O)NC(=O)C(C)(C)C)nc2C)ccn1. The van der Waals surface area contributed by atoms with Gasteiger partial charge in [0.05, 0.1) is 11.4 Å². The van der Waals surface area contributed by atoms with Crippen LogP contribution in [0.25, 0.3) is 5.57 Å². The Kier molecular flexibility index (Phi) is 8.18. The molecule has 2 N–H and O–H groups in total. The van der Waals surface area contributed by atoms with Gasteiger partial charge in [0, 0.05) is 17.7 Å². The minimum absolute atomic E-state index is 0.202. The first-order valence-corrected chi connectivity index (χ1v) is 10.0. The molecule has 0 saturated carbocycles. The van der Waals surface area contributed by atoms with Gasteiger partial charge < -0.3 is 4.74 Å². The number of imide groups is 1. The molecule has 0 bridgehead atoms. The van der Waals surface area contributed by atoms with Gasteiger partial charge in [-0.05, 0) is 50.4 Å². The second kappa shape index (κ2) is 10.8. The van der Waals surface area contributed by atoms with Gasteiger partial charge >= 0.3 is 6.03 Å². The van der Waals surface area contributed by atoms with Crippen LogP contribution in [-0.2, 0) is 4.79 Å². The van der Waals surface area contributed by atoms with Gasteiger partial charge in [-0.25, -0.2) is 9.78 Å². The number of pyridine rings is 2. The van der Waals surface area contributed by atoms with Crippen molar-refractivity contribution in [1.29, 1.82) is 5.26 Å². The summed E-state index contributed by atoms with van der Waals surface area (Å²) in [4.78, 5) is 36.2. The number of nitriles is 1. The van der Waals surface area contributed by atoms with Crippen molar-refractivity contribution in [3.05, 3.63) is 59.7 Å². The molecule has 0 aliphatic rings. The van der Waals surface area contributed by atoms with Gasteiger partial charge in [-0.1, -0.05) is 26.8 Å². The Bertz CT molecular complexity index is 1170. The summed E-state index contributed by atoms with van der Waals surface area (Å²) < 4.78 is 5.93. The Labute approximate surface area is 192 Å². The molecule has 0 radical (unpaired) electrons. The van der Waals surface area contributed by atoms with E-state index in [1.807, 2.05) is 13.0 Å². The molecule has 2 rings (SSSR count). The van der Waals surface area contributed by atoms with E-state index in [0.717, 1.165) is 5.57 Å². The van der Waals surface area contributed by atoms with Crippen LogP contribution in [0.2, 0.25) is 0 Å². The number of aryl methyl sites for hydroxylation is 1. The topological polar surface area (TPSA) is 129 Å². The summed E-state index contributed by atoms with van der Waals surface area (Å²) in [6, 6.07) is 7.98. The zero-order chi connectivity index (χ0) is 24.6. The Morgan fingerprint density at radius 2 is 1.97 bits per heavy atom. The van der Waals surface area contributed by atoms with Crippen LogP contribution < -0.4 is 15.4 Å². The Morgan fingerprint density at radius 3 is 2.58 bits per heavy atom. The van der Waals surface area contributed by atoms with E-state index in [2.05, 4.69) is 32.3 Å². The summed E-state index contributed by atoms with van der Waals surface area (Å²) in [6.07, 6.45) is 4.89. The number of urea groups is 1. The molecule has 9 nitrogen and oxygen atoms in total. The number of nitrogens with zero attached hydrogens (tertiary/aromatic N) is 4. The molecule has 0 unspecified atom stereocenters. The number of carbonyl (C=O) groups is 2. The highest BCUT2D eigenvalue weighted by molar-refractivity contribution is 6.02. The van der Waals surface area contributed by atoms with Gasteiger partial charge in [0.25, 0.3) is 0 Å². The first-order chi connectivity index (χ1) is 15.5. The Balaban J connectivity index is 2.12. The third-order valence-corrected chi connectivity index (χ3v) is 4.33. The van der Waals surface area contributed by atoms with Crippen LogP contribution >= 0.6 is 0 Å². The fourth-order valence-electron chi connectivity index (χ4n) is 2.40. The molecule has 170 valence electrons. The van der Waals surface area contributed by atoms with Crippen LogP contribution in [0.1, 0.15) is 39.1 Å². The van der Waals surface area contributed by atoms with Crippen molar-refractivity contribution in [3.8, 4) is 17.6 Å². The number of carbonyl (C=O) groups excluding carboxylic acids is 2. The number of aliphatic imine (C=N–C) groups is 1. The van der Waals surface area contributed by atoms with E-state index in [1.54, 1.807) is 70.3 Å².